The number of nitrogens with zero attached hydrogens (tertiary/aromatic N) is 1. The Hall–Kier alpha value is -1.57. The first-order valence-corrected chi connectivity index (χ1v) is 6.47. The molecule has 0 amide bonds. The fourth-order valence-electron chi connectivity index (χ4n) is 2.45. The highest BCUT2D eigenvalue weighted by atomic mass is 14.9. The minimum Gasteiger partial charge on any atom is -0.348 e. The number of hydrogen-bond acceptors (Lipinski definition) is 1. The third kappa shape index (κ3) is 2.63. The molecule has 0 saturated heterocycles. The average Bonchev–Trinajstić information content (AvgIpc) is 2.74. The fraction of sp³-hybridized carbons (Fsp3) is 0.438. The van der Waals surface area contributed by atoms with Gasteiger partial charge in [-0.2, -0.15) is 0 Å². The molecule has 1 heterocycles. The molecule has 2 nitrogen and oxygen atoms in total. The van der Waals surface area contributed by atoms with Crippen LogP contribution in [0.15, 0.2) is 24.5 Å². The first kappa shape index (κ1) is 12.9. The molecule has 96 valence electrons. The molecule has 1 N–H and O–H groups in total. The van der Waals surface area contributed by atoms with Gasteiger partial charge in [0.2, 0.25) is 0 Å². The Balaban J connectivity index is 2.37. The molecule has 0 spiro atoms. The molecule has 0 saturated carbocycles. The Kier molecular flexibility index (Phi) is 3.29. The molecule has 0 aliphatic carbocycles. The van der Waals surface area contributed by atoms with Crippen LogP contribution in [0.2, 0.25) is 0 Å². The zero-order chi connectivity index (χ0) is 13.3. The van der Waals surface area contributed by atoms with Crippen molar-refractivity contribution >= 4 is 0 Å². The molecular formula is C16H22N2. The molecule has 2 aromatic rings. The van der Waals surface area contributed by atoms with Gasteiger partial charge in [0.15, 0.2) is 0 Å². The lowest BCUT2D eigenvalue weighted by molar-refractivity contribution is 0.585. The van der Waals surface area contributed by atoms with E-state index in [2.05, 4.69) is 56.7 Å². The normalized spacial score (nSPS) is 11.8. The topological polar surface area (TPSA) is 28.7 Å². The van der Waals surface area contributed by atoms with Crippen LogP contribution in [0.1, 0.15) is 48.8 Å². The van der Waals surface area contributed by atoms with Crippen molar-refractivity contribution in [3.63, 3.8) is 0 Å². The van der Waals surface area contributed by atoms with E-state index in [0.717, 1.165) is 12.2 Å². The minimum absolute atomic E-state index is 0.206. The van der Waals surface area contributed by atoms with Crippen molar-refractivity contribution in [1.82, 2.24) is 9.97 Å². The van der Waals surface area contributed by atoms with Crippen LogP contribution in [0.5, 0.6) is 0 Å². The fourth-order valence-corrected chi connectivity index (χ4v) is 2.45. The second-order valence-electron chi connectivity index (χ2n) is 6.06. The first-order chi connectivity index (χ1) is 8.38. The third-order valence-corrected chi connectivity index (χ3v) is 3.40. The van der Waals surface area contributed by atoms with Crippen LogP contribution < -0.4 is 0 Å². The summed E-state index contributed by atoms with van der Waals surface area (Å²) in [6.07, 6.45) is 4.56. The van der Waals surface area contributed by atoms with Gasteiger partial charge in [-0.05, 0) is 41.5 Å². The van der Waals surface area contributed by atoms with Gasteiger partial charge in [-0.25, -0.2) is 4.98 Å². The van der Waals surface area contributed by atoms with Crippen LogP contribution in [-0.4, -0.2) is 9.97 Å². The number of hydrogen-bond donors (Lipinski definition) is 1. The van der Waals surface area contributed by atoms with E-state index in [1.54, 1.807) is 6.20 Å². The number of imidazole rings is 1. The van der Waals surface area contributed by atoms with E-state index >= 15 is 0 Å². The van der Waals surface area contributed by atoms with Crippen molar-refractivity contribution in [3.8, 4) is 0 Å². The molecule has 0 aliphatic rings. The van der Waals surface area contributed by atoms with Gasteiger partial charge in [0.05, 0.1) is 0 Å². The van der Waals surface area contributed by atoms with Crippen LogP contribution in [0, 0.1) is 13.8 Å². The number of benzene rings is 1. The highest BCUT2D eigenvalue weighted by molar-refractivity contribution is 5.41. The smallest absolute Gasteiger partial charge is 0.110 e. The van der Waals surface area contributed by atoms with Gasteiger partial charge in [0.25, 0.3) is 0 Å². The molecule has 18 heavy (non-hydrogen) atoms. The SMILES string of the molecule is Cc1cc(C(C)(C)C)c(C)cc1Cc1ncc[nH]1. The van der Waals surface area contributed by atoms with Crippen LogP contribution >= 0.6 is 0 Å². The van der Waals surface area contributed by atoms with E-state index in [1.165, 1.54) is 22.3 Å². The summed E-state index contributed by atoms with van der Waals surface area (Å²) < 4.78 is 0. The lowest BCUT2D eigenvalue weighted by Crippen LogP contribution is -2.14. The van der Waals surface area contributed by atoms with Crippen molar-refractivity contribution in [1.29, 1.82) is 0 Å². The molecule has 0 bridgehead atoms. The second kappa shape index (κ2) is 4.60. The van der Waals surface area contributed by atoms with E-state index in [0.29, 0.717) is 0 Å². The Bertz CT molecular complexity index is 531. The highest BCUT2D eigenvalue weighted by Gasteiger charge is 2.17. The van der Waals surface area contributed by atoms with Crippen LogP contribution in [0.25, 0.3) is 0 Å². The number of aryl methyl sites for hydroxylation is 2. The maximum absolute atomic E-state index is 4.30. The van der Waals surface area contributed by atoms with Gasteiger partial charge < -0.3 is 4.98 Å². The molecule has 0 radical (unpaired) electrons. The number of aromatic amines is 1. The van der Waals surface area contributed by atoms with Crippen molar-refractivity contribution < 1.29 is 0 Å². The maximum atomic E-state index is 4.30. The molecule has 0 aliphatic heterocycles. The van der Waals surface area contributed by atoms with Gasteiger partial charge in [0, 0.05) is 18.8 Å². The van der Waals surface area contributed by atoms with E-state index in [-0.39, 0.29) is 5.41 Å². The lowest BCUT2D eigenvalue weighted by atomic mass is 9.82. The summed E-state index contributed by atoms with van der Waals surface area (Å²) >= 11 is 0. The molecule has 2 rings (SSSR count). The highest BCUT2D eigenvalue weighted by Crippen LogP contribution is 2.28. The Morgan fingerprint density at radius 2 is 1.83 bits per heavy atom. The molecule has 1 aromatic heterocycles. The first-order valence-electron chi connectivity index (χ1n) is 6.47. The van der Waals surface area contributed by atoms with E-state index in [9.17, 15) is 0 Å². The Labute approximate surface area is 109 Å². The standard InChI is InChI=1S/C16H22N2/c1-11-9-14(16(3,4)5)12(2)8-13(11)10-15-17-6-7-18-15/h6-9H,10H2,1-5H3,(H,17,18). The zero-order valence-corrected chi connectivity index (χ0v) is 12.0. The zero-order valence-electron chi connectivity index (χ0n) is 12.0. The van der Waals surface area contributed by atoms with Gasteiger partial charge in [-0.15, -0.1) is 0 Å². The van der Waals surface area contributed by atoms with Gasteiger partial charge in [-0.3, -0.25) is 0 Å². The molecule has 2 heteroatoms. The number of nitrogens with one attached hydrogen (secondary N) is 1. The van der Waals surface area contributed by atoms with Crippen LogP contribution in [-0.2, 0) is 11.8 Å². The van der Waals surface area contributed by atoms with Crippen molar-refractivity contribution in [2.24, 2.45) is 0 Å². The number of rotatable bonds is 2. The van der Waals surface area contributed by atoms with Gasteiger partial charge >= 0.3 is 0 Å². The maximum Gasteiger partial charge on any atom is 0.110 e. The molecule has 0 unspecified atom stereocenters. The van der Waals surface area contributed by atoms with Gasteiger partial charge in [-0.1, -0.05) is 32.9 Å². The number of H-pyrrole nitrogens is 1. The summed E-state index contributed by atoms with van der Waals surface area (Å²) in [6, 6.07) is 4.63. The summed E-state index contributed by atoms with van der Waals surface area (Å²) in [5, 5.41) is 0. The number of aromatic nitrogens is 2. The summed E-state index contributed by atoms with van der Waals surface area (Å²) in [6.45, 7) is 11.2. The largest absolute Gasteiger partial charge is 0.348 e. The van der Waals surface area contributed by atoms with Gasteiger partial charge in [0.1, 0.15) is 5.82 Å². The van der Waals surface area contributed by atoms with E-state index < -0.39 is 0 Å². The van der Waals surface area contributed by atoms with Crippen LogP contribution in [0.3, 0.4) is 0 Å². The molecular weight excluding hydrogens is 220 g/mol. The molecule has 1 aromatic carbocycles. The molecule has 0 atom stereocenters. The summed E-state index contributed by atoms with van der Waals surface area (Å²) in [4.78, 5) is 7.46. The predicted molar refractivity (Wildman–Crippen MR) is 76.0 cm³/mol. The van der Waals surface area contributed by atoms with E-state index in [1.807, 2.05) is 6.20 Å². The van der Waals surface area contributed by atoms with Crippen molar-refractivity contribution in [3.05, 3.63) is 52.6 Å². The Morgan fingerprint density at radius 3 is 2.39 bits per heavy atom. The minimum atomic E-state index is 0.206. The quantitative estimate of drug-likeness (QED) is 0.849. The van der Waals surface area contributed by atoms with Crippen molar-refractivity contribution in [2.45, 2.75) is 46.5 Å². The lowest BCUT2D eigenvalue weighted by Gasteiger charge is -2.23. The summed E-state index contributed by atoms with van der Waals surface area (Å²) in [7, 11) is 0. The third-order valence-electron chi connectivity index (χ3n) is 3.40. The van der Waals surface area contributed by atoms with Crippen molar-refractivity contribution in [2.75, 3.05) is 0 Å². The van der Waals surface area contributed by atoms with Crippen LogP contribution in [0.4, 0.5) is 0 Å². The average molecular weight is 242 g/mol. The monoisotopic (exact) mass is 242 g/mol. The molecule has 0 fully saturated rings. The Morgan fingerprint density at radius 1 is 1.11 bits per heavy atom. The summed E-state index contributed by atoms with van der Waals surface area (Å²) in [5.41, 5.74) is 5.72. The van der Waals surface area contributed by atoms with E-state index in [4.69, 9.17) is 0 Å². The summed E-state index contributed by atoms with van der Waals surface area (Å²) in [5.74, 6) is 1.03. The predicted octanol–water partition coefficient (Wildman–Crippen LogP) is 3.91. The second-order valence-corrected chi connectivity index (χ2v) is 6.06.